The van der Waals surface area contributed by atoms with Crippen LogP contribution in [0.3, 0.4) is 0 Å². The smallest absolute Gasteiger partial charge is 0.303 e. The Bertz CT molecular complexity index is 841. The Labute approximate surface area is 194 Å². The molecule has 0 bridgehead atoms. The standard InChI is InChI=1S/C25H32O8/c1-4-14-30-23-22(27)21(16-29-15-18-8-6-5-7-9-18)33-25(24(23)31-17(2)26)32-20-12-10-19(28-3)11-13-20/h5-13,21-25,27H,4,14-16H2,1-3H3. The zero-order valence-corrected chi connectivity index (χ0v) is 19.2. The van der Waals surface area contributed by atoms with Crippen molar-refractivity contribution in [2.45, 2.75) is 57.6 Å². The number of methoxy groups -OCH3 is 1. The summed E-state index contributed by atoms with van der Waals surface area (Å²) in [5.74, 6) is 0.644. The van der Waals surface area contributed by atoms with Gasteiger partial charge in [-0.15, -0.1) is 0 Å². The monoisotopic (exact) mass is 460 g/mol. The van der Waals surface area contributed by atoms with Crippen LogP contribution >= 0.6 is 0 Å². The SMILES string of the molecule is CCCOC1C(O)C(COCc2ccccc2)OC(Oc2ccc(OC)cc2)C1OC(C)=O. The van der Waals surface area contributed by atoms with Crippen LogP contribution in [0.5, 0.6) is 11.5 Å². The van der Waals surface area contributed by atoms with E-state index < -0.39 is 36.7 Å². The lowest BCUT2D eigenvalue weighted by atomic mass is 9.98. The first-order valence-corrected chi connectivity index (χ1v) is 11.1. The summed E-state index contributed by atoms with van der Waals surface area (Å²) in [6, 6.07) is 16.7. The fourth-order valence-corrected chi connectivity index (χ4v) is 3.54. The van der Waals surface area contributed by atoms with Crippen molar-refractivity contribution in [3.8, 4) is 11.5 Å². The predicted molar refractivity (Wildman–Crippen MR) is 120 cm³/mol. The van der Waals surface area contributed by atoms with Gasteiger partial charge in [0.15, 0.2) is 6.10 Å². The van der Waals surface area contributed by atoms with Crippen LogP contribution in [-0.2, 0) is 30.3 Å². The van der Waals surface area contributed by atoms with E-state index in [1.54, 1.807) is 31.4 Å². The van der Waals surface area contributed by atoms with Crippen molar-refractivity contribution in [3.63, 3.8) is 0 Å². The zero-order valence-electron chi connectivity index (χ0n) is 19.2. The molecule has 1 saturated heterocycles. The lowest BCUT2D eigenvalue weighted by Crippen LogP contribution is -2.62. The molecule has 1 N–H and O–H groups in total. The number of carbonyl (C=O) groups excluding carboxylic acids is 1. The van der Waals surface area contributed by atoms with Crippen molar-refractivity contribution in [1.82, 2.24) is 0 Å². The normalized spacial score (nSPS) is 24.8. The summed E-state index contributed by atoms with van der Waals surface area (Å²) in [7, 11) is 1.58. The first kappa shape index (κ1) is 25.0. The van der Waals surface area contributed by atoms with Crippen molar-refractivity contribution in [3.05, 3.63) is 60.2 Å². The molecule has 5 unspecified atom stereocenters. The molecule has 0 radical (unpaired) electrons. The highest BCUT2D eigenvalue weighted by Gasteiger charge is 2.49. The number of ether oxygens (including phenoxy) is 6. The molecule has 0 saturated carbocycles. The molecule has 8 heteroatoms. The molecule has 2 aromatic rings. The van der Waals surface area contributed by atoms with E-state index in [1.807, 2.05) is 37.3 Å². The fraction of sp³-hybridized carbons (Fsp3) is 0.480. The number of hydrogen-bond donors (Lipinski definition) is 1. The number of hydrogen-bond acceptors (Lipinski definition) is 8. The lowest BCUT2D eigenvalue weighted by Gasteiger charge is -2.43. The minimum Gasteiger partial charge on any atom is -0.497 e. The summed E-state index contributed by atoms with van der Waals surface area (Å²) in [5, 5.41) is 11.0. The van der Waals surface area contributed by atoms with E-state index in [2.05, 4.69) is 0 Å². The highest BCUT2D eigenvalue weighted by molar-refractivity contribution is 5.66. The average Bonchev–Trinajstić information content (AvgIpc) is 2.82. The molecular weight excluding hydrogens is 428 g/mol. The molecule has 0 spiro atoms. The van der Waals surface area contributed by atoms with Crippen LogP contribution in [0.15, 0.2) is 54.6 Å². The third-order valence-electron chi connectivity index (χ3n) is 5.14. The maximum atomic E-state index is 11.8. The minimum atomic E-state index is -1.08. The van der Waals surface area contributed by atoms with Crippen LogP contribution in [-0.4, -0.2) is 62.1 Å². The molecule has 1 aliphatic heterocycles. The topological polar surface area (TPSA) is 92.7 Å². The first-order chi connectivity index (χ1) is 16.0. The second kappa shape index (κ2) is 12.6. The molecule has 2 aromatic carbocycles. The van der Waals surface area contributed by atoms with Gasteiger partial charge in [-0.05, 0) is 36.2 Å². The number of aliphatic hydroxyl groups is 1. The fourth-order valence-electron chi connectivity index (χ4n) is 3.54. The molecular formula is C25H32O8. The summed E-state index contributed by atoms with van der Waals surface area (Å²) in [4.78, 5) is 11.8. The van der Waals surface area contributed by atoms with E-state index >= 15 is 0 Å². The lowest BCUT2D eigenvalue weighted by molar-refractivity contribution is -0.291. The van der Waals surface area contributed by atoms with Gasteiger partial charge in [-0.25, -0.2) is 0 Å². The van der Waals surface area contributed by atoms with Gasteiger partial charge >= 0.3 is 5.97 Å². The van der Waals surface area contributed by atoms with Gasteiger partial charge in [0.05, 0.1) is 20.3 Å². The number of aliphatic hydroxyl groups excluding tert-OH is 1. The molecule has 1 fully saturated rings. The Balaban J connectivity index is 1.76. The Hall–Kier alpha value is -2.65. The van der Waals surface area contributed by atoms with Gasteiger partial charge in [0.2, 0.25) is 6.29 Å². The van der Waals surface area contributed by atoms with Gasteiger partial charge in [0.1, 0.15) is 29.8 Å². The first-order valence-electron chi connectivity index (χ1n) is 11.1. The Kier molecular flexibility index (Phi) is 9.50. The Morgan fingerprint density at radius 3 is 2.36 bits per heavy atom. The van der Waals surface area contributed by atoms with E-state index in [0.29, 0.717) is 24.7 Å². The van der Waals surface area contributed by atoms with Crippen molar-refractivity contribution in [2.24, 2.45) is 0 Å². The van der Waals surface area contributed by atoms with E-state index in [1.165, 1.54) is 6.92 Å². The van der Waals surface area contributed by atoms with Gasteiger partial charge in [0.25, 0.3) is 0 Å². The number of benzene rings is 2. The molecule has 33 heavy (non-hydrogen) atoms. The molecule has 1 aliphatic rings. The third-order valence-corrected chi connectivity index (χ3v) is 5.14. The van der Waals surface area contributed by atoms with Crippen molar-refractivity contribution in [2.75, 3.05) is 20.3 Å². The number of esters is 1. The largest absolute Gasteiger partial charge is 0.497 e. The van der Waals surface area contributed by atoms with Crippen LogP contribution in [0.4, 0.5) is 0 Å². The summed E-state index contributed by atoms with van der Waals surface area (Å²) in [6.07, 6.45) is -3.89. The molecule has 8 nitrogen and oxygen atoms in total. The maximum absolute atomic E-state index is 11.8. The van der Waals surface area contributed by atoms with Crippen molar-refractivity contribution >= 4 is 5.97 Å². The summed E-state index contributed by atoms with van der Waals surface area (Å²) < 4.78 is 34.4. The molecule has 0 aromatic heterocycles. The molecule has 0 amide bonds. The highest BCUT2D eigenvalue weighted by Crippen LogP contribution is 2.29. The molecule has 5 atom stereocenters. The maximum Gasteiger partial charge on any atom is 0.303 e. The molecule has 180 valence electrons. The van der Waals surface area contributed by atoms with E-state index in [-0.39, 0.29) is 6.61 Å². The quantitative estimate of drug-likeness (QED) is 0.512. The van der Waals surface area contributed by atoms with Gasteiger partial charge in [0, 0.05) is 13.5 Å². The summed E-state index contributed by atoms with van der Waals surface area (Å²) in [5.41, 5.74) is 1.01. The third kappa shape index (κ3) is 7.17. The van der Waals surface area contributed by atoms with E-state index in [9.17, 15) is 9.90 Å². The van der Waals surface area contributed by atoms with E-state index in [4.69, 9.17) is 28.4 Å². The Morgan fingerprint density at radius 2 is 1.73 bits per heavy atom. The van der Waals surface area contributed by atoms with Crippen molar-refractivity contribution < 1.29 is 38.3 Å². The van der Waals surface area contributed by atoms with E-state index in [0.717, 1.165) is 12.0 Å². The van der Waals surface area contributed by atoms with Crippen LogP contribution < -0.4 is 9.47 Å². The van der Waals surface area contributed by atoms with Gasteiger partial charge in [-0.3, -0.25) is 4.79 Å². The minimum absolute atomic E-state index is 0.108. The average molecular weight is 461 g/mol. The van der Waals surface area contributed by atoms with Gasteiger partial charge < -0.3 is 33.5 Å². The van der Waals surface area contributed by atoms with Crippen LogP contribution in [0, 0.1) is 0 Å². The zero-order chi connectivity index (χ0) is 23.6. The van der Waals surface area contributed by atoms with Gasteiger partial charge in [-0.2, -0.15) is 0 Å². The van der Waals surface area contributed by atoms with Crippen LogP contribution in [0.1, 0.15) is 25.8 Å². The molecule has 0 aliphatic carbocycles. The summed E-state index contributed by atoms with van der Waals surface area (Å²) >= 11 is 0. The molecule has 3 rings (SSSR count). The Morgan fingerprint density at radius 1 is 1.03 bits per heavy atom. The second-order valence-electron chi connectivity index (χ2n) is 7.74. The van der Waals surface area contributed by atoms with Crippen LogP contribution in [0.2, 0.25) is 0 Å². The number of rotatable bonds is 11. The molecule has 1 heterocycles. The second-order valence-corrected chi connectivity index (χ2v) is 7.74. The van der Waals surface area contributed by atoms with Crippen LogP contribution in [0.25, 0.3) is 0 Å². The van der Waals surface area contributed by atoms with Gasteiger partial charge in [-0.1, -0.05) is 37.3 Å². The predicted octanol–water partition coefficient (Wildman–Crippen LogP) is 3.10. The summed E-state index contributed by atoms with van der Waals surface area (Å²) in [6.45, 7) is 4.11. The van der Waals surface area contributed by atoms with Crippen molar-refractivity contribution in [1.29, 1.82) is 0 Å². The number of carbonyl (C=O) groups is 1. The highest BCUT2D eigenvalue weighted by atomic mass is 16.7.